The van der Waals surface area contributed by atoms with Gasteiger partial charge in [0.2, 0.25) is 11.8 Å². The van der Waals surface area contributed by atoms with E-state index in [1.54, 1.807) is 4.90 Å². The van der Waals surface area contributed by atoms with E-state index < -0.39 is 0 Å². The minimum atomic E-state index is -0.388. The van der Waals surface area contributed by atoms with Crippen molar-refractivity contribution < 1.29 is 14.3 Å². The molecular weight excluding hydrogens is 256 g/mol. The van der Waals surface area contributed by atoms with Gasteiger partial charge in [0.1, 0.15) is 12.1 Å². The molecule has 0 bridgehead atoms. The van der Waals surface area contributed by atoms with E-state index in [1.807, 2.05) is 27.7 Å². The molecule has 2 aliphatic heterocycles. The van der Waals surface area contributed by atoms with Crippen LogP contribution in [0.4, 0.5) is 0 Å². The molecule has 2 fully saturated rings. The minimum Gasteiger partial charge on any atom is -0.376 e. The summed E-state index contributed by atoms with van der Waals surface area (Å²) < 4.78 is 5.72. The van der Waals surface area contributed by atoms with E-state index in [2.05, 4.69) is 5.32 Å². The molecule has 0 aliphatic carbocycles. The van der Waals surface area contributed by atoms with Gasteiger partial charge in [-0.1, -0.05) is 20.8 Å². The van der Waals surface area contributed by atoms with Crippen molar-refractivity contribution in [2.24, 2.45) is 5.92 Å². The van der Waals surface area contributed by atoms with Crippen molar-refractivity contribution in [2.75, 3.05) is 6.61 Å². The van der Waals surface area contributed by atoms with Gasteiger partial charge in [-0.05, 0) is 32.1 Å². The van der Waals surface area contributed by atoms with Gasteiger partial charge in [-0.15, -0.1) is 0 Å². The van der Waals surface area contributed by atoms with Crippen LogP contribution in [-0.2, 0) is 14.3 Å². The maximum atomic E-state index is 12.7. The highest BCUT2D eigenvalue weighted by Gasteiger charge is 2.45. The molecule has 20 heavy (non-hydrogen) atoms. The summed E-state index contributed by atoms with van der Waals surface area (Å²) in [5, 5.41) is 2.85. The standard InChI is InChI=1S/C15H26N2O3/c1-5-11-15(19)17(10(4)12-7-6-8-20-12)13(9(2)3)14(18)16-11/h9-13H,5-8H2,1-4H3,(H,16,18). The first-order valence-corrected chi connectivity index (χ1v) is 7.71. The second kappa shape index (κ2) is 6.12. The van der Waals surface area contributed by atoms with Crippen LogP contribution >= 0.6 is 0 Å². The quantitative estimate of drug-likeness (QED) is 0.846. The zero-order chi connectivity index (χ0) is 14.9. The largest absolute Gasteiger partial charge is 0.376 e. The summed E-state index contributed by atoms with van der Waals surface area (Å²) in [6, 6.07) is -0.816. The lowest BCUT2D eigenvalue weighted by Gasteiger charge is -2.45. The highest BCUT2D eigenvalue weighted by atomic mass is 16.5. The molecule has 0 spiro atoms. The highest BCUT2D eigenvalue weighted by Crippen LogP contribution is 2.27. The predicted octanol–water partition coefficient (Wildman–Crippen LogP) is 1.32. The summed E-state index contributed by atoms with van der Waals surface area (Å²) in [6.07, 6.45) is 2.69. The van der Waals surface area contributed by atoms with Crippen LogP contribution in [0.3, 0.4) is 0 Å². The maximum Gasteiger partial charge on any atom is 0.246 e. The molecule has 4 unspecified atom stereocenters. The van der Waals surface area contributed by atoms with Crippen LogP contribution < -0.4 is 5.32 Å². The average Bonchev–Trinajstić information content (AvgIpc) is 2.93. The van der Waals surface area contributed by atoms with E-state index in [1.165, 1.54) is 0 Å². The van der Waals surface area contributed by atoms with Gasteiger partial charge in [-0.25, -0.2) is 0 Å². The Bertz CT molecular complexity index is 377. The predicted molar refractivity (Wildman–Crippen MR) is 76.1 cm³/mol. The molecule has 4 atom stereocenters. The lowest BCUT2D eigenvalue weighted by molar-refractivity contribution is -0.157. The van der Waals surface area contributed by atoms with Gasteiger partial charge in [0, 0.05) is 6.61 Å². The molecule has 5 nitrogen and oxygen atoms in total. The number of nitrogens with one attached hydrogen (secondary N) is 1. The van der Waals surface area contributed by atoms with E-state index in [9.17, 15) is 9.59 Å². The summed E-state index contributed by atoms with van der Waals surface area (Å²) in [4.78, 5) is 26.8. The second-order valence-electron chi connectivity index (χ2n) is 6.20. The molecule has 2 heterocycles. The van der Waals surface area contributed by atoms with Crippen molar-refractivity contribution in [2.45, 2.75) is 71.2 Å². The van der Waals surface area contributed by atoms with Gasteiger partial charge in [0.15, 0.2) is 0 Å². The van der Waals surface area contributed by atoms with E-state index in [0.717, 1.165) is 19.4 Å². The Hall–Kier alpha value is -1.10. The molecular formula is C15H26N2O3. The number of hydrogen-bond donors (Lipinski definition) is 1. The molecule has 2 saturated heterocycles. The Morgan fingerprint density at radius 3 is 2.55 bits per heavy atom. The number of hydrogen-bond acceptors (Lipinski definition) is 3. The van der Waals surface area contributed by atoms with Crippen LogP contribution in [-0.4, -0.2) is 47.6 Å². The molecule has 5 heteroatoms. The Balaban J connectivity index is 2.26. The summed E-state index contributed by atoms with van der Waals surface area (Å²) >= 11 is 0. The molecule has 2 amide bonds. The van der Waals surface area contributed by atoms with E-state index >= 15 is 0 Å². The van der Waals surface area contributed by atoms with E-state index in [4.69, 9.17) is 4.74 Å². The van der Waals surface area contributed by atoms with Crippen molar-refractivity contribution in [1.82, 2.24) is 10.2 Å². The Labute approximate surface area is 121 Å². The van der Waals surface area contributed by atoms with E-state index in [-0.39, 0.29) is 42.0 Å². The summed E-state index contributed by atoms with van der Waals surface area (Å²) in [6.45, 7) is 8.66. The van der Waals surface area contributed by atoms with Gasteiger partial charge in [-0.2, -0.15) is 0 Å². The Kier molecular flexibility index (Phi) is 4.68. The van der Waals surface area contributed by atoms with Crippen LogP contribution in [0.1, 0.15) is 47.0 Å². The van der Waals surface area contributed by atoms with Crippen molar-refractivity contribution in [3.05, 3.63) is 0 Å². The van der Waals surface area contributed by atoms with E-state index in [0.29, 0.717) is 6.42 Å². The molecule has 0 aromatic carbocycles. The molecule has 0 aromatic rings. The first kappa shape index (κ1) is 15.3. The lowest BCUT2D eigenvalue weighted by Crippen LogP contribution is -2.68. The normalized spacial score (nSPS) is 32.6. The van der Waals surface area contributed by atoms with Crippen molar-refractivity contribution in [3.8, 4) is 0 Å². The lowest BCUT2D eigenvalue weighted by atomic mass is 9.93. The van der Waals surface area contributed by atoms with Crippen LogP contribution in [0, 0.1) is 5.92 Å². The SMILES string of the molecule is CCC1NC(=O)C(C(C)C)N(C(C)C2CCCO2)C1=O. The van der Waals surface area contributed by atoms with Gasteiger partial charge in [0.05, 0.1) is 12.1 Å². The first-order chi connectivity index (χ1) is 9.47. The number of amides is 2. The fraction of sp³-hybridized carbons (Fsp3) is 0.867. The molecule has 0 radical (unpaired) electrons. The zero-order valence-electron chi connectivity index (χ0n) is 12.9. The Morgan fingerprint density at radius 1 is 1.35 bits per heavy atom. The average molecular weight is 282 g/mol. The Morgan fingerprint density at radius 2 is 2.05 bits per heavy atom. The highest BCUT2D eigenvalue weighted by molar-refractivity contribution is 5.97. The number of carbonyl (C=O) groups excluding carboxylic acids is 2. The molecule has 114 valence electrons. The van der Waals surface area contributed by atoms with Crippen molar-refractivity contribution in [1.29, 1.82) is 0 Å². The first-order valence-electron chi connectivity index (χ1n) is 7.71. The van der Waals surface area contributed by atoms with Gasteiger partial charge in [-0.3, -0.25) is 9.59 Å². The fourth-order valence-electron chi connectivity index (χ4n) is 3.28. The van der Waals surface area contributed by atoms with Gasteiger partial charge in [0.25, 0.3) is 0 Å². The van der Waals surface area contributed by atoms with Crippen LogP contribution in [0.15, 0.2) is 0 Å². The maximum absolute atomic E-state index is 12.7. The third-order valence-electron chi connectivity index (χ3n) is 4.42. The molecule has 2 aliphatic rings. The minimum absolute atomic E-state index is 0.0312. The summed E-state index contributed by atoms with van der Waals surface area (Å²) in [5.41, 5.74) is 0. The number of nitrogens with zero attached hydrogens (tertiary/aromatic N) is 1. The number of piperazine rings is 1. The number of carbonyl (C=O) groups is 2. The number of ether oxygens (including phenoxy) is 1. The smallest absolute Gasteiger partial charge is 0.246 e. The monoisotopic (exact) mass is 282 g/mol. The van der Waals surface area contributed by atoms with Crippen molar-refractivity contribution >= 4 is 11.8 Å². The third-order valence-corrected chi connectivity index (χ3v) is 4.42. The molecule has 0 saturated carbocycles. The van der Waals surface area contributed by atoms with Gasteiger partial charge >= 0.3 is 0 Å². The van der Waals surface area contributed by atoms with Gasteiger partial charge < -0.3 is 15.0 Å². The van der Waals surface area contributed by atoms with Crippen LogP contribution in [0.5, 0.6) is 0 Å². The summed E-state index contributed by atoms with van der Waals surface area (Å²) in [7, 11) is 0. The fourth-order valence-corrected chi connectivity index (χ4v) is 3.28. The molecule has 1 N–H and O–H groups in total. The number of rotatable bonds is 4. The van der Waals surface area contributed by atoms with Crippen molar-refractivity contribution in [3.63, 3.8) is 0 Å². The topological polar surface area (TPSA) is 58.6 Å². The molecule has 2 rings (SSSR count). The van der Waals surface area contributed by atoms with Crippen LogP contribution in [0.2, 0.25) is 0 Å². The third kappa shape index (κ3) is 2.68. The molecule has 0 aromatic heterocycles. The zero-order valence-corrected chi connectivity index (χ0v) is 12.9. The van der Waals surface area contributed by atoms with Crippen LogP contribution in [0.25, 0.3) is 0 Å². The summed E-state index contributed by atoms with van der Waals surface area (Å²) in [5.74, 6) is 0.103. The second-order valence-corrected chi connectivity index (χ2v) is 6.20.